The molecule has 7 nitrogen and oxygen atoms in total. The highest BCUT2D eigenvalue weighted by atomic mass is 16.5. The van der Waals surface area contributed by atoms with E-state index in [1.165, 1.54) is 7.11 Å². The maximum Gasteiger partial charge on any atom is 0.337 e. The topological polar surface area (TPSA) is 93.7 Å². The predicted octanol–water partition coefficient (Wildman–Crippen LogP) is 1.34. The molecule has 0 bridgehead atoms. The van der Waals surface area contributed by atoms with Crippen LogP contribution in [0.1, 0.15) is 29.6 Å². The zero-order chi connectivity index (χ0) is 17.8. The van der Waals surface area contributed by atoms with Gasteiger partial charge in [-0.25, -0.2) is 4.79 Å². The molecule has 3 unspecified atom stereocenters. The van der Waals surface area contributed by atoms with Gasteiger partial charge in [0.15, 0.2) is 0 Å². The van der Waals surface area contributed by atoms with Crippen LogP contribution in [-0.4, -0.2) is 44.1 Å². The number of nitrogens with one attached hydrogen (secondary N) is 2. The van der Waals surface area contributed by atoms with E-state index >= 15 is 0 Å². The maximum atomic E-state index is 12.2. The Morgan fingerprint density at radius 2 is 1.88 bits per heavy atom. The number of rotatable bonds is 6. The Hall–Kier alpha value is -2.41. The Morgan fingerprint density at radius 3 is 2.52 bits per heavy atom. The summed E-state index contributed by atoms with van der Waals surface area (Å²) in [5, 5.41) is 5.64. The van der Waals surface area contributed by atoms with Crippen molar-refractivity contribution in [2.24, 2.45) is 11.8 Å². The second-order valence-corrected chi connectivity index (χ2v) is 6.39. The minimum Gasteiger partial charge on any atom is -0.465 e. The predicted molar refractivity (Wildman–Crippen MR) is 90.0 cm³/mol. The minimum atomic E-state index is -0.428. The summed E-state index contributed by atoms with van der Waals surface area (Å²) in [6.45, 7) is 1.27. The van der Waals surface area contributed by atoms with E-state index in [0.717, 1.165) is 19.4 Å². The van der Waals surface area contributed by atoms with Crippen molar-refractivity contribution >= 4 is 23.5 Å². The molecule has 7 heteroatoms. The first-order chi connectivity index (χ1) is 12.1. The van der Waals surface area contributed by atoms with Gasteiger partial charge >= 0.3 is 5.97 Å². The molecule has 1 aromatic carbocycles. The van der Waals surface area contributed by atoms with Gasteiger partial charge < -0.3 is 20.1 Å². The lowest BCUT2D eigenvalue weighted by molar-refractivity contribution is -0.125. The fourth-order valence-corrected chi connectivity index (χ4v) is 2.97. The molecule has 0 spiro atoms. The number of amides is 2. The van der Waals surface area contributed by atoms with Crippen LogP contribution in [0.2, 0.25) is 0 Å². The zero-order valence-electron chi connectivity index (χ0n) is 14.1. The molecule has 0 aromatic heterocycles. The molecule has 3 atom stereocenters. The van der Waals surface area contributed by atoms with Crippen molar-refractivity contribution in [3.05, 3.63) is 29.8 Å². The fourth-order valence-electron chi connectivity index (χ4n) is 2.97. The third-order valence-electron chi connectivity index (χ3n) is 4.57. The molecule has 1 aliphatic heterocycles. The van der Waals surface area contributed by atoms with Gasteiger partial charge in [-0.05, 0) is 43.5 Å². The highest BCUT2D eigenvalue weighted by molar-refractivity contribution is 5.99. The lowest BCUT2D eigenvalue weighted by atomic mass is 10.2. The Bertz CT molecular complexity index is 652. The molecule has 1 aliphatic carbocycles. The van der Waals surface area contributed by atoms with Crippen molar-refractivity contribution in [1.29, 1.82) is 0 Å². The highest BCUT2D eigenvalue weighted by Crippen LogP contribution is 2.39. The van der Waals surface area contributed by atoms with Crippen LogP contribution in [0.15, 0.2) is 24.3 Å². The number of hydrogen-bond acceptors (Lipinski definition) is 5. The Morgan fingerprint density at radius 1 is 1.16 bits per heavy atom. The molecule has 1 saturated heterocycles. The number of hydrogen-bond donors (Lipinski definition) is 2. The Kier molecular flexibility index (Phi) is 5.33. The third-order valence-corrected chi connectivity index (χ3v) is 4.57. The van der Waals surface area contributed by atoms with E-state index in [1.54, 1.807) is 24.3 Å². The summed E-state index contributed by atoms with van der Waals surface area (Å²) >= 11 is 0. The first-order valence-corrected chi connectivity index (χ1v) is 8.47. The van der Waals surface area contributed by atoms with Gasteiger partial charge in [0.1, 0.15) is 0 Å². The number of carbonyl (C=O) groups excluding carboxylic acids is 3. The number of benzene rings is 1. The molecule has 2 aliphatic rings. The van der Waals surface area contributed by atoms with Crippen LogP contribution in [0.4, 0.5) is 5.69 Å². The second-order valence-electron chi connectivity index (χ2n) is 6.39. The van der Waals surface area contributed by atoms with Crippen LogP contribution >= 0.6 is 0 Å². The highest BCUT2D eigenvalue weighted by Gasteiger charge is 2.48. The van der Waals surface area contributed by atoms with Crippen LogP contribution in [0, 0.1) is 11.8 Å². The van der Waals surface area contributed by atoms with E-state index in [9.17, 15) is 14.4 Å². The smallest absolute Gasteiger partial charge is 0.337 e. The van der Waals surface area contributed by atoms with Gasteiger partial charge in [0, 0.05) is 18.8 Å². The molecule has 2 amide bonds. The monoisotopic (exact) mass is 346 g/mol. The number of methoxy groups -OCH3 is 1. The molecule has 1 saturated carbocycles. The van der Waals surface area contributed by atoms with Crippen LogP contribution in [0.25, 0.3) is 0 Å². The van der Waals surface area contributed by atoms with Gasteiger partial charge in [-0.15, -0.1) is 0 Å². The first-order valence-electron chi connectivity index (χ1n) is 8.47. The normalized spacial score (nSPS) is 24.4. The van der Waals surface area contributed by atoms with Crippen LogP contribution in [0.3, 0.4) is 0 Å². The van der Waals surface area contributed by atoms with Gasteiger partial charge in [-0.2, -0.15) is 0 Å². The SMILES string of the molecule is COC(=O)c1ccc(NC(=O)C2CC2C(=O)NCC2CCCO2)cc1. The van der Waals surface area contributed by atoms with E-state index in [-0.39, 0.29) is 29.8 Å². The molecule has 2 N–H and O–H groups in total. The zero-order valence-corrected chi connectivity index (χ0v) is 14.1. The van der Waals surface area contributed by atoms with Crippen LogP contribution in [-0.2, 0) is 19.1 Å². The average Bonchev–Trinajstić information content (AvgIpc) is 3.27. The summed E-state index contributed by atoms with van der Waals surface area (Å²) in [7, 11) is 1.31. The van der Waals surface area contributed by atoms with Crippen LogP contribution < -0.4 is 10.6 Å². The summed E-state index contributed by atoms with van der Waals surface area (Å²) in [5.74, 6) is -1.26. The molecule has 1 heterocycles. The lowest BCUT2D eigenvalue weighted by Crippen LogP contribution is -2.33. The lowest BCUT2D eigenvalue weighted by Gasteiger charge is -2.10. The molecule has 2 fully saturated rings. The van der Waals surface area contributed by atoms with E-state index < -0.39 is 5.97 Å². The fraction of sp³-hybridized carbons (Fsp3) is 0.500. The number of carbonyl (C=O) groups is 3. The van der Waals surface area contributed by atoms with Gasteiger partial charge in [-0.3, -0.25) is 9.59 Å². The van der Waals surface area contributed by atoms with Gasteiger partial charge in [-0.1, -0.05) is 0 Å². The van der Waals surface area contributed by atoms with Crippen molar-refractivity contribution in [2.75, 3.05) is 25.6 Å². The van der Waals surface area contributed by atoms with Gasteiger partial charge in [0.25, 0.3) is 0 Å². The van der Waals surface area contributed by atoms with Crippen molar-refractivity contribution in [1.82, 2.24) is 5.32 Å². The Balaban J connectivity index is 1.44. The second kappa shape index (κ2) is 7.65. The molecular weight excluding hydrogens is 324 g/mol. The summed E-state index contributed by atoms with van der Waals surface area (Å²) in [6, 6.07) is 6.44. The van der Waals surface area contributed by atoms with Crippen molar-refractivity contribution in [3.8, 4) is 0 Å². The van der Waals surface area contributed by atoms with E-state index in [1.807, 2.05) is 0 Å². The van der Waals surface area contributed by atoms with Crippen molar-refractivity contribution in [3.63, 3.8) is 0 Å². The average molecular weight is 346 g/mol. The number of anilines is 1. The van der Waals surface area contributed by atoms with Crippen LogP contribution in [0.5, 0.6) is 0 Å². The van der Waals surface area contributed by atoms with Gasteiger partial charge in [0.05, 0.1) is 30.6 Å². The minimum absolute atomic E-state index is 0.0864. The molecule has 1 aromatic rings. The van der Waals surface area contributed by atoms with E-state index in [4.69, 9.17) is 4.74 Å². The quantitative estimate of drug-likeness (QED) is 0.758. The van der Waals surface area contributed by atoms with E-state index in [0.29, 0.717) is 24.2 Å². The summed E-state index contributed by atoms with van der Waals surface area (Å²) in [5.41, 5.74) is 1.00. The first kappa shape index (κ1) is 17.4. The summed E-state index contributed by atoms with van der Waals surface area (Å²) < 4.78 is 10.1. The molecule has 134 valence electrons. The van der Waals surface area contributed by atoms with E-state index in [2.05, 4.69) is 15.4 Å². The van der Waals surface area contributed by atoms with Gasteiger partial charge in [0.2, 0.25) is 11.8 Å². The Labute approximate surface area is 146 Å². The third kappa shape index (κ3) is 4.36. The molecular formula is C18H22N2O5. The standard InChI is InChI=1S/C18H22N2O5/c1-24-18(23)11-4-6-12(7-5-11)20-17(22)15-9-14(15)16(21)19-10-13-3-2-8-25-13/h4-7,13-15H,2-3,8-10H2,1H3,(H,19,21)(H,20,22). The van der Waals surface area contributed by atoms with Crippen molar-refractivity contribution < 1.29 is 23.9 Å². The summed E-state index contributed by atoms with van der Waals surface area (Å²) in [4.78, 5) is 35.7. The molecule has 25 heavy (non-hydrogen) atoms. The molecule has 3 rings (SSSR count). The largest absolute Gasteiger partial charge is 0.465 e. The molecule has 0 radical (unpaired) electrons. The van der Waals surface area contributed by atoms with Crippen molar-refractivity contribution in [2.45, 2.75) is 25.4 Å². The maximum absolute atomic E-state index is 12.2. The number of esters is 1. The summed E-state index contributed by atoms with van der Waals surface area (Å²) in [6.07, 6.45) is 2.66. The number of ether oxygens (including phenoxy) is 2.